The Hall–Kier alpha value is -4.34. The van der Waals surface area contributed by atoms with Crippen LogP contribution in [-0.2, 0) is 21.2 Å². The molecule has 2 aromatic carbocycles. The summed E-state index contributed by atoms with van der Waals surface area (Å²) in [4.78, 5) is 27.9. The highest BCUT2D eigenvalue weighted by Crippen LogP contribution is 2.35. The Kier molecular flexibility index (Phi) is 9.23. The molecule has 1 aromatic heterocycles. The molecule has 3 aromatic rings. The van der Waals surface area contributed by atoms with Gasteiger partial charge in [-0.3, -0.25) is 4.79 Å². The molecule has 0 fully saturated rings. The van der Waals surface area contributed by atoms with Crippen LogP contribution in [0, 0.1) is 19.8 Å². The monoisotopic (exact) mass is 643 g/mol. The van der Waals surface area contributed by atoms with Crippen LogP contribution in [0.5, 0.6) is 17.2 Å². The number of anilines is 2. The van der Waals surface area contributed by atoms with Crippen molar-refractivity contribution in [3.8, 4) is 17.2 Å². The maximum absolute atomic E-state index is 13.5. The zero-order chi connectivity index (χ0) is 32.5. The number of carbonyl (C=O) groups is 2. The van der Waals surface area contributed by atoms with Gasteiger partial charge in [0.25, 0.3) is 0 Å². The molecule has 3 atom stereocenters. The number of aliphatic hydroxyl groups excluding tert-OH is 1. The smallest absolute Gasteiger partial charge is 0.323 e. The fourth-order valence-electron chi connectivity index (χ4n) is 5.34. The van der Waals surface area contributed by atoms with Crippen molar-refractivity contribution in [1.29, 1.82) is 0 Å². The van der Waals surface area contributed by atoms with Crippen molar-refractivity contribution >= 4 is 33.3 Å². The van der Waals surface area contributed by atoms with E-state index in [9.17, 15) is 23.1 Å². The predicted octanol–water partition coefficient (Wildman–Crippen LogP) is 3.13. The zero-order valence-corrected chi connectivity index (χ0v) is 26.5. The zero-order valence-electron chi connectivity index (χ0n) is 25.7. The van der Waals surface area contributed by atoms with Gasteiger partial charge in [-0.25, -0.2) is 13.2 Å². The molecular formula is C30H37N5O9S. The van der Waals surface area contributed by atoms with E-state index >= 15 is 0 Å². The number of amides is 3. The first-order chi connectivity index (χ1) is 21.4. The predicted molar refractivity (Wildman–Crippen MR) is 163 cm³/mol. The SMILES string of the molecule is Cc1noc(C)c1S(=O)(=O)N(C)C[C@H]1Oc2ccc(NC(=O)Nc3ccc4c(c3)OCO4)cc2CC(=O)N([C@@H](C)CO)C[C@@H]1C. The number of sulfonamides is 1. The number of aromatic nitrogens is 1. The lowest BCUT2D eigenvalue weighted by Gasteiger charge is -2.33. The number of ether oxygens (including phenoxy) is 3. The van der Waals surface area contributed by atoms with Crippen LogP contribution in [0.25, 0.3) is 0 Å². The molecule has 0 spiro atoms. The van der Waals surface area contributed by atoms with E-state index in [0.29, 0.717) is 34.2 Å². The van der Waals surface area contributed by atoms with Gasteiger partial charge in [-0.15, -0.1) is 0 Å². The lowest BCUT2D eigenvalue weighted by molar-refractivity contribution is -0.134. The quantitative estimate of drug-likeness (QED) is 0.331. The molecular weight excluding hydrogens is 606 g/mol. The molecule has 2 aliphatic heterocycles. The molecule has 0 saturated carbocycles. The van der Waals surface area contributed by atoms with Crippen LogP contribution in [0.4, 0.5) is 16.2 Å². The molecule has 0 unspecified atom stereocenters. The van der Waals surface area contributed by atoms with Crippen molar-refractivity contribution in [3.63, 3.8) is 0 Å². The van der Waals surface area contributed by atoms with Crippen molar-refractivity contribution < 1.29 is 41.8 Å². The van der Waals surface area contributed by atoms with Gasteiger partial charge in [0, 0.05) is 42.5 Å². The van der Waals surface area contributed by atoms with Gasteiger partial charge in [0.1, 0.15) is 22.4 Å². The van der Waals surface area contributed by atoms with Gasteiger partial charge in [0.05, 0.1) is 25.6 Å². The Morgan fingerprint density at radius 1 is 1.11 bits per heavy atom. The molecule has 0 bridgehead atoms. The van der Waals surface area contributed by atoms with E-state index in [4.69, 9.17) is 18.7 Å². The molecule has 15 heteroatoms. The van der Waals surface area contributed by atoms with Crippen LogP contribution in [-0.4, -0.2) is 85.5 Å². The first-order valence-corrected chi connectivity index (χ1v) is 15.9. The van der Waals surface area contributed by atoms with Gasteiger partial charge in [0.15, 0.2) is 17.3 Å². The van der Waals surface area contributed by atoms with Gasteiger partial charge in [0.2, 0.25) is 22.7 Å². The second-order valence-corrected chi connectivity index (χ2v) is 13.3. The minimum absolute atomic E-state index is 0.00145. The summed E-state index contributed by atoms with van der Waals surface area (Å²) in [6.07, 6.45) is -0.748. The van der Waals surface area contributed by atoms with Crippen molar-refractivity contribution in [2.45, 2.75) is 51.2 Å². The number of hydrogen-bond acceptors (Lipinski definition) is 10. The maximum atomic E-state index is 13.5. The second-order valence-electron chi connectivity index (χ2n) is 11.3. The molecule has 45 heavy (non-hydrogen) atoms. The van der Waals surface area contributed by atoms with E-state index in [0.717, 1.165) is 0 Å². The Labute approximate surface area is 261 Å². The molecule has 3 heterocycles. The largest absolute Gasteiger partial charge is 0.488 e. The van der Waals surface area contributed by atoms with Crippen molar-refractivity contribution in [2.24, 2.45) is 5.92 Å². The normalized spacial score (nSPS) is 18.8. The highest BCUT2D eigenvalue weighted by Gasteiger charge is 2.35. The number of aryl methyl sites for hydroxylation is 2. The van der Waals surface area contributed by atoms with Crippen LogP contribution in [0.15, 0.2) is 45.8 Å². The topological polar surface area (TPSA) is 173 Å². The highest BCUT2D eigenvalue weighted by atomic mass is 32.2. The Balaban J connectivity index is 1.40. The van der Waals surface area contributed by atoms with Crippen molar-refractivity contribution in [3.05, 3.63) is 53.4 Å². The number of nitrogens with one attached hydrogen (secondary N) is 2. The minimum Gasteiger partial charge on any atom is -0.488 e. The number of carbonyl (C=O) groups excluding carboxylic acids is 2. The molecule has 5 rings (SSSR count). The molecule has 0 radical (unpaired) electrons. The number of fused-ring (bicyclic) bond motifs is 2. The number of likely N-dealkylation sites (N-methyl/N-ethyl adjacent to an activating group) is 1. The molecule has 0 saturated heterocycles. The van der Waals surface area contributed by atoms with E-state index in [-0.39, 0.29) is 61.1 Å². The van der Waals surface area contributed by atoms with Gasteiger partial charge < -0.3 is 39.4 Å². The molecule has 0 aliphatic carbocycles. The average Bonchev–Trinajstić information content (AvgIpc) is 3.61. The summed E-state index contributed by atoms with van der Waals surface area (Å²) in [6, 6.07) is 8.96. The summed E-state index contributed by atoms with van der Waals surface area (Å²) in [5.74, 6) is 1.10. The molecule has 14 nitrogen and oxygen atoms in total. The van der Waals surface area contributed by atoms with Crippen LogP contribution in [0.2, 0.25) is 0 Å². The van der Waals surface area contributed by atoms with Crippen LogP contribution in [0.3, 0.4) is 0 Å². The van der Waals surface area contributed by atoms with Crippen molar-refractivity contribution in [1.82, 2.24) is 14.4 Å². The number of rotatable bonds is 8. The summed E-state index contributed by atoms with van der Waals surface area (Å²) in [6.45, 7) is 6.76. The summed E-state index contributed by atoms with van der Waals surface area (Å²) in [5.41, 5.74) is 1.65. The second kappa shape index (κ2) is 12.9. The fourth-order valence-corrected chi connectivity index (χ4v) is 6.81. The van der Waals surface area contributed by atoms with E-state index in [1.54, 1.807) is 55.1 Å². The molecule has 3 amide bonds. The van der Waals surface area contributed by atoms with Gasteiger partial charge >= 0.3 is 6.03 Å². The van der Waals surface area contributed by atoms with Crippen molar-refractivity contribution in [2.75, 3.05) is 44.2 Å². The molecule has 3 N–H and O–H groups in total. The third kappa shape index (κ3) is 6.84. The van der Waals surface area contributed by atoms with Gasteiger partial charge in [-0.2, -0.15) is 4.31 Å². The Bertz CT molecular complexity index is 1670. The van der Waals surface area contributed by atoms with Gasteiger partial charge in [-0.05, 0) is 51.1 Å². The van der Waals surface area contributed by atoms with Crippen LogP contribution >= 0.6 is 0 Å². The van der Waals surface area contributed by atoms with E-state index in [1.807, 2.05) is 6.92 Å². The number of hydrogen-bond donors (Lipinski definition) is 3. The minimum atomic E-state index is -3.97. The summed E-state index contributed by atoms with van der Waals surface area (Å²) >= 11 is 0. The Morgan fingerprint density at radius 3 is 2.44 bits per heavy atom. The third-order valence-corrected chi connectivity index (χ3v) is 9.95. The van der Waals surface area contributed by atoms with Crippen LogP contribution in [0.1, 0.15) is 30.9 Å². The number of nitrogens with zero attached hydrogens (tertiary/aromatic N) is 3. The van der Waals surface area contributed by atoms with Crippen LogP contribution < -0.4 is 24.8 Å². The fraction of sp³-hybridized carbons (Fsp3) is 0.433. The lowest BCUT2D eigenvalue weighted by atomic mass is 10.0. The Morgan fingerprint density at radius 2 is 1.78 bits per heavy atom. The first-order valence-electron chi connectivity index (χ1n) is 14.4. The van der Waals surface area contributed by atoms with Gasteiger partial charge in [-0.1, -0.05) is 12.1 Å². The van der Waals surface area contributed by atoms with E-state index in [2.05, 4.69) is 15.8 Å². The summed E-state index contributed by atoms with van der Waals surface area (Å²) in [5, 5.41) is 19.2. The summed E-state index contributed by atoms with van der Waals surface area (Å²) in [7, 11) is -2.52. The number of urea groups is 1. The van der Waals surface area contributed by atoms with E-state index < -0.39 is 28.2 Å². The molecule has 2 aliphatic rings. The standard InChI is InChI=1S/C30H37N5O9S/c1-17-13-35(18(2)15-36)28(37)11-21-10-22(31-30(38)32-23-7-9-25-26(12-23)42-16-41-25)6-8-24(21)43-27(17)14-34(5)45(39,40)29-19(3)33-44-20(29)4/h6-10,12,17-18,27,36H,11,13-16H2,1-5H3,(H2,31,32,38)/t17-,18-,27+/m0/s1. The maximum Gasteiger partial charge on any atom is 0.323 e. The summed E-state index contributed by atoms with van der Waals surface area (Å²) < 4.78 is 50.4. The first kappa shape index (κ1) is 32.1. The highest BCUT2D eigenvalue weighted by molar-refractivity contribution is 7.89. The third-order valence-electron chi connectivity index (χ3n) is 7.88. The van der Waals surface area contributed by atoms with E-state index in [1.165, 1.54) is 18.3 Å². The number of aliphatic hydroxyl groups is 1. The molecule has 242 valence electrons. The number of benzene rings is 2. The average molecular weight is 644 g/mol. The lowest BCUT2D eigenvalue weighted by Crippen LogP contribution is -2.48.